The summed E-state index contributed by atoms with van der Waals surface area (Å²) in [6, 6.07) is 34.4. The van der Waals surface area contributed by atoms with E-state index in [4.69, 9.17) is 14.5 Å². The number of rotatable bonds is 10. The lowest BCUT2D eigenvalue weighted by Crippen LogP contribution is -2.52. The topological polar surface area (TPSA) is 125 Å². The number of phenolic OH excluding ortho intramolecular Hbond substituents is 1. The second-order valence-electron chi connectivity index (χ2n) is 15.7. The highest BCUT2D eigenvalue weighted by molar-refractivity contribution is 6.06. The second kappa shape index (κ2) is 16.0. The molecule has 1 aromatic heterocycles. The largest absolute Gasteiger partial charge is 0.508 e. The standard InChI is InChI=1S/C47H47N5O6/c1-57-42-26-36(24-33-27-52(47(56)45(33)42)41-18-19-43(54)49-46(41)55)51-22-20-50(21-23-51)28-34-8-5-9-35(48-34)29-58-38-14-10-31(11-15-38)44-39(30-6-3-2-4-7-30)16-12-32-25-37(53)13-17-40(32)44/h2-11,13-15,17,24-26,39,41,44,53H,12,16,18-23,27-29H2,1H3,(H,49,54,55)/t39-,41?,44+/m1/s1. The normalized spacial score (nSPS) is 20.7. The molecule has 0 bridgehead atoms. The number of methoxy groups -OCH3 is 1. The number of ether oxygens (including phenoxy) is 2. The molecule has 9 rings (SSSR count). The maximum atomic E-state index is 13.4. The van der Waals surface area contributed by atoms with Gasteiger partial charge >= 0.3 is 0 Å². The van der Waals surface area contributed by atoms with Crippen LogP contribution in [0, 0.1) is 0 Å². The number of carbonyl (C=O) groups excluding carboxylic acids is 3. The van der Waals surface area contributed by atoms with Gasteiger partial charge in [-0.25, -0.2) is 0 Å². The number of carbonyl (C=O) groups is 3. The number of amides is 3. The molecule has 0 radical (unpaired) electrons. The number of piperazine rings is 1. The fraction of sp³-hybridized carbons (Fsp3) is 0.319. The lowest BCUT2D eigenvalue weighted by molar-refractivity contribution is -0.136. The van der Waals surface area contributed by atoms with Crippen LogP contribution in [0.4, 0.5) is 5.69 Å². The fourth-order valence-corrected chi connectivity index (χ4v) is 9.30. The molecule has 296 valence electrons. The number of hydrogen-bond donors (Lipinski definition) is 2. The average molecular weight is 778 g/mol. The molecule has 3 aliphatic heterocycles. The van der Waals surface area contributed by atoms with Crippen LogP contribution in [-0.4, -0.2) is 76.9 Å². The first-order chi connectivity index (χ1) is 28.3. The maximum Gasteiger partial charge on any atom is 0.258 e. The summed E-state index contributed by atoms with van der Waals surface area (Å²) in [5, 5.41) is 12.6. The summed E-state index contributed by atoms with van der Waals surface area (Å²) < 4.78 is 12.0. The molecular weight excluding hydrogens is 731 g/mol. The second-order valence-corrected chi connectivity index (χ2v) is 15.7. The van der Waals surface area contributed by atoms with Crippen molar-refractivity contribution in [2.24, 2.45) is 0 Å². The van der Waals surface area contributed by atoms with Gasteiger partial charge in [0, 0.05) is 63.4 Å². The molecule has 4 aromatic carbocycles. The number of anilines is 1. The van der Waals surface area contributed by atoms with E-state index >= 15 is 0 Å². The molecule has 58 heavy (non-hydrogen) atoms. The van der Waals surface area contributed by atoms with E-state index in [-0.39, 0.29) is 24.2 Å². The SMILES string of the molecule is COc1cc(N2CCN(Cc3cccc(COc4ccc([C@@H]5c6ccc(O)cc6CC[C@@H]5c5ccccc5)cc4)n3)CC2)cc2c1C(=O)N(C1CCC(=O)NC1=O)C2. The predicted octanol–water partition coefficient (Wildman–Crippen LogP) is 6.32. The minimum Gasteiger partial charge on any atom is -0.508 e. The quantitative estimate of drug-likeness (QED) is 0.157. The zero-order chi connectivity index (χ0) is 39.8. The third kappa shape index (κ3) is 7.49. The number of pyridine rings is 1. The maximum absolute atomic E-state index is 13.4. The van der Waals surface area contributed by atoms with Gasteiger partial charge in [-0.05, 0) is 95.5 Å². The number of nitrogens with one attached hydrogen (secondary N) is 1. The average Bonchev–Trinajstić information content (AvgIpc) is 3.58. The lowest BCUT2D eigenvalue weighted by Gasteiger charge is -2.36. The lowest BCUT2D eigenvalue weighted by atomic mass is 9.69. The van der Waals surface area contributed by atoms with E-state index in [9.17, 15) is 19.5 Å². The molecule has 1 unspecified atom stereocenters. The van der Waals surface area contributed by atoms with Crippen LogP contribution in [0.25, 0.3) is 0 Å². The third-order valence-electron chi connectivity index (χ3n) is 12.2. The Bertz CT molecular complexity index is 2340. The first-order valence-electron chi connectivity index (χ1n) is 20.2. The van der Waals surface area contributed by atoms with Gasteiger partial charge in [-0.1, -0.05) is 54.6 Å². The van der Waals surface area contributed by atoms with E-state index in [2.05, 4.69) is 81.8 Å². The highest BCUT2D eigenvalue weighted by Gasteiger charge is 2.41. The molecule has 0 spiro atoms. The number of piperidine rings is 1. The number of hydrogen-bond acceptors (Lipinski definition) is 9. The smallest absolute Gasteiger partial charge is 0.258 e. The van der Waals surface area contributed by atoms with E-state index in [1.54, 1.807) is 18.1 Å². The molecule has 5 aromatic rings. The molecule has 1 aliphatic carbocycles. The van der Waals surface area contributed by atoms with Crippen molar-refractivity contribution in [3.8, 4) is 17.2 Å². The van der Waals surface area contributed by atoms with Crippen molar-refractivity contribution in [3.05, 3.63) is 148 Å². The Morgan fingerprint density at radius 3 is 2.36 bits per heavy atom. The van der Waals surface area contributed by atoms with Gasteiger partial charge in [0.15, 0.2) is 0 Å². The van der Waals surface area contributed by atoms with Gasteiger partial charge in [0.05, 0.1) is 24.1 Å². The minimum absolute atomic E-state index is 0.181. The molecule has 11 heteroatoms. The fourth-order valence-electron chi connectivity index (χ4n) is 9.30. The van der Waals surface area contributed by atoms with E-state index < -0.39 is 11.9 Å². The van der Waals surface area contributed by atoms with E-state index in [1.807, 2.05) is 30.3 Å². The molecule has 3 atom stereocenters. The van der Waals surface area contributed by atoms with Gasteiger partial charge in [0.1, 0.15) is 29.9 Å². The number of benzene rings is 4. The predicted molar refractivity (Wildman–Crippen MR) is 219 cm³/mol. The highest BCUT2D eigenvalue weighted by Crippen LogP contribution is 2.47. The van der Waals surface area contributed by atoms with Crippen molar-refractivity contribution < 1.29 is 29.0 Å². The first kappa shape index (κ1) is 37.4. The van der Waals surface area contributed by atoms with Gasteiger partial charge in [-0.2, -0.15) is 0 Å². The van der Waals surface area contributed by atoms with Crippen LogP contribution in [0.2, 0.25) is 0 Å². The van der Waals surface area contributed by atoms with Gasteiger partial charge in [-0.3, -0.25) is 29.6 Å². The Hall–Kier alpha value is -6.20. The van der Waals surface area contributed by atoms with Crippen molar-refractivity contribution in [1.82, 2.24) is 20.1 Å². The third-order valence-corrected chi connectivity index (χ3v) is 12.2. The minimum atomic E-state index is -0.670. The number of phenols is 1. The molecule has 11 nitrogen and oxygen atoms in total. The Balaban J connectivity index is 0.812. The Morgan fingerprint density at radius 1 is 0.793 bits per heavy atom. The summed E-state index contributed by atoms with van der Waals surface area (Å²) in [4.78, 5) is 48.9. The van der Waals surface area contributed by atoms with Crippen LogP contribution in [0.1, 0.15) is 80.7 Å². The summed E-state index contributed by atoms with van der Waals surface area (Å²) in [6.07, 6.45) is 2.49. The van der Waals surface area contributed by atoms with Crippen molar-refractivity contribution in [3.63, 3.8) is 0 Å². The molecule has 2 saturated heterocycles. The van der Waals surface area contributed by atoms with Crippen molar-refractivity contribution in [1.29, 1.82) is 0 Å². The summed E-state index contributed by atoms with van der Waals surface area (Å²) in [5.74, 6) is 1.17. The number of nitrogens with zero attached hydrogens (tertiary/aromatic N) is 4. The van der Waals surface area contributed by atoms with Crippen molar-refractivity contribution in [2.45, 2.75) is 63.3 Å². The summed E-state index contributed by atoms with van der Waals surface area (Å²) in [5.41, 5.74) is 9.22. The van der Waals surface area contributed by atoms with Gasteiger partial charge < -0.3 is 24.4 Å². The van der Waals surface area contributed by atoms with Crippen LogP contribution < -0.4 is 19.7 Å². The number of aromatic hydroxyl groups is 1. The Kier molecular flexibility index (Phi) is 10.3. The molecule has 0 saturated carbocycles. The highest BCUT2D eigenvalue weighted by atomic mass is 16.5. The van der Waals surface area contributed by atoms with E-state index in [0.717, 1.165) is 74.0 Å². The number of aromatic nitrogens is 1. The number of imide groups is 1. The molecule has 4 aliphatic rings. The van der Waals surface area contributed by atoms with Crippen LogP contribution >= 0.6 is 0 Å². The van der Waals surface area contributed by atoms with Gasteiger partial charge in [0.2, 0.25) is 11.8 Å². The Morgan fingerprint density at radius 2 is 1.59 bits per heavy atom. The molecule has 3 amide bonds. The number of aryl methyl sites for hydroxylation is 1. The monoisotopic (exact) mass is 777 g/mol. The molecule has 2 N–H and O–H groups in total. The first-order valence-corrected chi connectivity index (χ1v) is 20.2. The van der Waals surface area contributed by atoms with E-state index in [0.29, 0.717) is 42.6 Å². The van der Waals surface area contributed by atoms with Crippen LogP contribution in [0.5, 0.6) is 17.2 Å². The number of fused-ring (bicyclic) bond motifs is 2. The van der Waals surface area contributed by atoms with Gasteiger partial charge in [-0.15, -0.1) is 0 Å². The zero-order valence-electron chi connectivity index (χ0n) is 32.6. The van der Waals surface area contributed by atoms with Crippen LogP contribution in [0.3, 0.4) is 0 Å². The van der Waals surface area contributed by atoms with Crippen LogP contribution in [0.15, 0.2) is 103 Å². The van der Waals surface area contributed by atoms with E-state index in [1.165, 1.54) is 22.3 Å². The summed E-state index contributed by atoms with van der Waals surface area (Å²) in [6.45, 7) is 4.67. The van der Waals surface area contributed by atoms with Crippen molar-refractivity contribution >= 4 is 23.4 Å². The zero-order valence-corrected chi connectivity index (χ0v) is 32.6. The molecule has 2 fully saturated rings. The summed E-state index contributed by atoms with van der Waals surface area (Å²) >= 11 is 0. The molecular formula is C47H47N5O6. The van der Waals surface area contributed by atoms with Gasteiger partial charge in [0.25, 0.3) is 5.91 Å². The Labute approximate surface area is 338 Å². The summed E-state index contributed by atoms with van der Waals surface area (Å²) in [7, 11) is 1.56. The van der Waals surface area contributed by atoms with Crippen molar-refractivity contribution in [2.75, 3.05) is 38.2 Å². The van der Waals surface area contributed by atoms with Crippen LogP contribution in [-0.2, 0) is 35.7 Å². The molecule has 4 heterocycles.